The largest absolute Gasteiger partial charge is 0.333 e. The highest BCUT2D eigenvalue weighted by Gasteiger charge is 2.23. The summed E-state index contributed by atoms with van der Waals surface area (Å²) in [5.41, 5.74) is 1.89. The van der Waals surface area contributed by atoms with E-state index in [1.807, 2.05) is 36.1 Å². The van der Waals surface area contributed by atoms with Crippen molar-refractivity contribution < 1.29 is 4.79 Å². The van der Waals surface area contributed by atoms with Crippen LogP contribution in [-0.2, 0) is 5.75 Å². The number of thioether (sulfide) groups is 1. The SMILES string of the molecule is Cc1nc(CSc2ccc(C(=O)N3CCNCC3C)cc2)cs1.Cl.Cl. The van der Waals surface area contributed by atoms with Gasteiger partial charge in [0.2, 0.25) is 0 Å². The maximum atomic E-state index is 12.6. The number of piperazine rings is 1. The summed E-state index contributed by atoms with van der Waals surface area (Å²) in [7, 11) is 0. The standard InChI is InChI=1S/C17H21N3OS2.2ClH/c1-12-9-18-7-8-20(12)17(21)14-3-5-16(6-4-14)23-11-15-10-22-13(2)19-15;;/h3-6,10,12,18H,7-9,11H2,1-2H3;2*1H. The first-order valence-electron chi connectivity index (χ1n) is 7.79. The maximum Gasteiger partial charge on any atom is 0.254 e. The van der Waals surface area contributed by atoms with Crippen LogP contribution in [0.3, 0.4) is 0 Å². The number of benzene rings is 1. The van der Waals surface area contributed by atoms with Crippen LogP contribution in [0.25, 0.3) is 0 Å². The second-order valence-corrected chi connectivity index (χ2v) is 7.83. The van der Waals surface area contributed by atoms with Crippen molar-refractivity contribution in [1.82, 2.24) is 15.2 Å². The van der Waals surface area contributed by atoms with E-state index in [2.05, 4.69) is 22.6 Å². The smallest absolute Gasteiger partial charge is 0.254 e. The second kappa shape index (κ2) is 10.4. The highest BCUT2D eigenvalue weighted by atomic mass is 35.5. The number of rotatable bonds is 4. The Morgan fingerprint density at radius 1 is 1.36 bits per heavy atom. The Morgan fingerprint density at radius 2 is 2.08 bits per heavy atom. The zero-order chi connectivity index (χ0) is 16.2. The fourth-order valence-electron chi connectivity index (χ4n) is 2.63. The van der Waals surface area contributed by atoms with Crippen molar-refractivity contribution in [2.75, 3.05) is 19.6 Å². The van der Waals surface area contributed by atoms with Crippen LogP contribution in [-0.4, -0.2) is 41.5 Å². The summed E-state index contributed by atoms with van der Waals surface area (Å²) in [6.45, 7) is 6.63. The first kappa shape index (κ1) is 22.3. The van der Waals surface area contributed by atoms with E-state index in [0.717, 1.165) is 41.7 Å². The Balaban J connectivity index is 0.00000156. The summed E-state index contributed by atoms with van der Waals surface area (Å²) in [6.07, 6.45) is 0. The molecule has 138 valence electrons. The van der Waals surface area contributed by atoms with Gasteiger partial charge < -0.3 is 10.2 Å². The number of hydrogen-bond donors (Lipinski definition) is 1. The number of aryl methyl sites for hydroxylation is 1. The molecule has 3 rings (SSSR count). The molecule has 1 aliphatic heterocycles. The predicted molar refractivity (Wildman–Crippen MR) is 111 cm³/mol. The molecule has 1 aliphatic rings. The van der Waals surface area contributed by atoms with Gasteiger partial charge in [-0.05, 0) is 38.1 Å². The third-order valence-electron chi connectivity index (χ3n) is 3.92. The highest BCUT2D eigenvalue weighted by Crippen LogP contribution is 2.24. The number of halogens is 2. The van der Waals surface area contributed by atoms with Crippen LogP contribution in [0.1, 0.15) is 28.0 Å². The van der Waals surface area contributed by atoms with Gasteiger partial charge in [-0.15, -0.1) is 47.9 Å². The van der Waals surface area contributed by atoms with E-state index < -0.39 is 0 Å². The molecule has 25 heavy (non-hydrogen) atoms. The molecule has 1 N–H and O–H groups in total. The zero-order valence-corrected chi connectivity index (χ0v) is 17.5. The number of aromatic nitrogens is 1. The Kier molecular flexibility index (Phi) is 9.24. The molecule has 1 fully saturated rings. The van der Waals surface area contributed by atoms with Gasteiger partial charge in [0.1, 0.15) is 0 Å². The van der Waals surface area contributed by atoms with Crippen molar-refractivity contribution in [3.8, 4) is 0 Å². The van der Waals surface area contributed by atoms with E-state index in [-0.39, 0.29) is 36.8 Å². The average molecular weight is 420 g/mol. The molecule has 2 aromatic rings. The van der Waals surface area contributed by atoms with Crippen molar-refractivity contribution in [2.24, 2.45) is 0 Å². The van der Waals surface area contributed by atoms with E-state index in [1.54, 1.807) is 23.1 Å². The molecule has 1 saturated heterocycles. The quantitative estimate of drug-likeness (QED) is 0.759. The van der Waals surface area contributed by atoms with Crippen molar-refractivity contribution in [2.45, 2.75) is 30.5 Å². The summed E-state index contributed by atoms with van der Waals surface area (Å²) in [5, 5.41) is 6.52. The van der Waals surface area contributed by atoms with Crippen LogP contribution < -0.4 is 5.32 Å². The highest BCUT2D eigenvalue weighted by molar-refractivity contribution is 7.98. The molecule has 8 heteroatoms. The predicted octanol–water partition coefficient (Wildman–Crippen LogP) is 4.02. The van der Waals surface area contributed by atoms with Crippen LogP contribution in [0.5, 0.6) is 0 Å². The lowest BCUT2D eigenvalue weighted by molar-refractivity contribution is 0.0655. The Bertz CT molecular complexity index is 679. The number of nitrogens with zero attached hydrogens (tertiary/aromatic N) is 2. The number of carbonyl (C=O) groups excluding carboxylic acids is 1. The molecule has 1 aromatic heterocycles. The van der Waals surface area contributed by atoms with Gasteiger partial charge in [0.05, 0.1) is 10.7 Å². The van der Waals surface area contributed by atoms with Gasteiger partial charge in [-0.2, -0.15) is 0 Å². The molecular formula is C17H23Cl2N3OS2. The van der Waals surface area contributed by atoms with Gasteiger partial charge in [-0.1, -0.05) is 0 Å². The molecular weight excluding hydrogens is 397 g/mol. The summed E-state index contributed by atoms with van der Waals surface area (Å²) < 4.78 is 0. The number of thiazole rings is 1. The van der Waals surface area contributed by atoms with Crippen LogP contribution >= 0.6 is 47.9 Å². The minimum absolute atomic E-state index is 0. The molecule has 1 atom stereocenters. The Morgan fingerprint density at radius 3 is 2.68 bits per heavy atom. The molecule has 2 heterocycles. The van der Waals surface area contributed by atoms with E-state index in [1.165, 1.54) is 4.90 Å². The Labute approximate surface area is 169 Å². The van der Waals surface area contributed by atoms with Crippen LogP contribution in [0.2, 0.25) is 0 Å². The lowest BCUT2D eigenvalue weighted by atomic mass is 10.1. The van der Waals surface area contributed by atoms with Crippen LogP contribution in [0.4, 0.5) is 0 Å². The summed E-state index contributed by atoms with van der Waals surface area (Å²) in [5.74, 6) is 0.998. The van der Waals surface area contributed by atoms with E-state index in [0.29, 0.717) is 0 Å². The normalized spacial score (nSPS) is 16.7. The number of carbonyl (C=O) groups is 1. The molecule has 0 spiro atoms. The van der Waals surface area contributed by atoms with E-state index >= 15 is 0 Å². The summed E-state index contributed by atoms with van der Waals surface area (Å²) in [6, 6.07) is 8.18. The topological polar surface area (TPSA) is 45.2 Å². The lowest BCUT2D eigenvalue weighted by Crippen LogP contribution is -2.52. The molecule has 0 bridgehead atoms. The fourth-order valence-corrected chi connectivity index (χ4v) is 4.14. The molecule has 1 amide bonds. The number of hydrogen-bond acceptors (Lipinski definition) is 5. The molecule has 0 saturated carbocycles. The third kappa shape index (κ3) is 5.86. The zero-order valence-electron chi connectivity index (χ0n) is 14.2. The van der Waals surface area contributed by atoms with Crippen molar-refractivity contribution in [3.63, 3.8) is 0 Å². The van der Waals surface area contributed by atoms with Crippen molar-refractivity contribution in [1.29, 1.82) is 0 Å². The molecule has 4 nitrogen and oxygen atoms in total. The summed E-state index contributed by atoms with van der Waals surface area (Å²) >= 11 is 3.43. The second-order valence-electron chi connectivity index (χ2n) is 5.72. The number of nitrogens with one attached hydrogen (secondary N) is 1. The van der Waals surface area contributed by atoms with Crippen LogP contribution in [0.15, 0.2) is 34.5 Å². The first-order valence-corrected chi connectivity index (χ1v) is 9.65. The monoisotopic (exact) mass is 419 g/mol. The van der Waals surface area contributed by atoms with Crippen LogP contribution in [0, 0.1) is 6.92 Å². The van der Waals surface area contributed by atoms with Crippen molar-refractivity contribution >= 4 is 53.8 Å². The maximum absolute atomic E-state index is 12.6. The molecule has 1 unspecified atom stereocenters. The Hall–Kier alpha value is -0.790. The van der Waals surface area contributed by atoms with Crippen molar-refractivity contribution in [3.05, 3.63) is 45.9 Å². The molecule has 1 aromatic carbocycles. The van der Waals surface area contributed by atoms with Gasteiger partial charge in [0.25, 0.3) is 5.91 Å². The first-order chi connectivity index (χ1) is 11.1. The van der Waals surface area contributed by atoms with Gasteiger partial charge in [0.15, 0.2) is 0 Å². The van der Waals surface area contributed by atoms with E-state index in [4.69, 9.17) is 0 Å². The number of amides is 1. The van der Waals surface area contributed by atoms with Gasteiger partial charge in [-0.25, -0.2) is 4.98 Å². The summed E-state index contributed by atoms with van der Waals surface area (Å²) in [4.78, 5) is 20.2. The molecule has 0 radical (unpaired) electrons. The fraction of sp³-hybridized carbons (Fsp3) is 0.412. The van der Waals surface area contributed by atoms with Gasteiger partial charge in [-0.3, -0.25) is 4.79 Å². The van der Waals surface area contributed by atoms with E-state index in [9.17, 15) is 4.79 Å². The van der Waals surface area contributed by atoms with Gasteiger partial charge >= 0.3 is 0 Å². The average Bonchev–Trinajstić information content (AvgIpc) is 2.99. The minimum Gasteiger partial charge on any atom is -0.333 e. The third-order valence-corrected chi connectivity index (χ3v) is 5.78. The molecule has 0 aliphatic carbocycles. The lowest BCUT2D eigenvalue weighted by Gasteiger charge is -2.34. The minimum atomic E-state index is 0. The van der Waals surface area contributed by atoms with Gasteiger partial charge in [0, 0.05) is 47.3 Å².